The number of aromatic nitrogens is 6. The van der Waals surface area contributed by atoms with Crippen LogP contribution in [-0.4, -0.2) is 95.0 Å². The number of imidazole rings is 1. The number of ether oxygens (including phenoxy) is 4. The molecule has 4 rings (SSSR count). The van der Waals surface area contributed by atoms with Gasteiger partial charge in [0.1, 0.15) is 35.7 Å². The molecule has 1 aliphatic rings. The summed E-state index contributed by atoms with van der Waals surface area (Å²) in [5.74, 6) is 1.30. The highest BCUT2D eigenvalue weighted by molar-refractivity contribution is 8.00. The van der Waals surface area contributed by atoms with Crippen LogP contribution in [0.25, 0.3) is 11.2 Å². The number of nitrogens with one attached hydrogen (secondary N) is 2. The number of rotatable bonds is 15. The molecule has 20 heteroatoms. The summed E-state index contributed by atoms with van der Waals surface area (Å²) < 4.78 is 40.4. The van der Waals surface area contributed by atoms with E-state index < -0.39 is 51.0 Å². The molecule has 0 spiro atoms. The summed E-state index contributed by atoms with van der Waals surface area (Å²) in [6.07, 6.45) is 1.38. The zero-order chi connectivity index (χ0) is 31.0. The van der Waals surface area contributed by atoms with Crippen molar-refractivity contribution in [3.63, 3.8) is 0 Å². The van der Waals surface area contributed by atoms with Crippen molar-refractivity contribution in [3.8, 4) is 0 Å². The number of hydrogen-bond acceptors (Lipinski definition) is 16. The second kappa shape index (κ2) is 14.9. The van der Waals surface area contributed by atoms with Crippen molar-refractivity contribution in [2.24, 2.45) is 0 Å². The van der Waals surface area contributed by atoms with Crippen LogP contribution in [-0.2, 0) is 34.6 Å². The summed E-state index contributed by atoms with van der Waals surface area (Å²) in [6, 6.07) is 1.64. The van der Waals surface area contributed by atoms with Gasteiger partial charge >= 0.3 is 19.4 Å². The first-order chi connectivity index (χ1) is 20.5. The van der Waals surface area contributed by atoms with Crippen molar-refractivity contribution in [2.45, 2.75) is 51.2 Å². The third-order valence-corrected chi connectivity index (χ3v) is 7.78. The van der Waals surface area contributed by atoms with Gasteiger partial charge in [-0.3, -0.25) is 13.7 Å². The van der Waals surface area contributed by atoms with Crippen LogP contribution in [0.4, 0.5) is 16.4 Å². The molecule has 0 amide bonds. The van der Waals surface area contributed by atoms with E-state index in [1.54, 1.807) is 37.6 Å². The Kier molecular flexibility index (Phi) is 11.3. The Bertz CT molecular complexity index is 1490. The second-order valence-corrected chi connectivity index (χ2v) is 12.4. The van der Waals surface area contributed by atoms with E-state index in [1.165, 1.54) is 29.0 Å². The summed E-state index contributed by atoms with van der Waals surface area (Å²) in [4.78, 5) is 50.6. The van der Waals surface area contributed by atoms with Gasteiger partial charge in [-0.25, -0.2) is 24.5 Å². The fourth-order valence-corrected chi connectivity index (χ4v) is 5.41. The molecule has 0 radical (unpaired) electrons. The van der Waals surface area contributed by atoms with Gasteiger partial charge in [-0.1, -0.05) is 0 Å². The van der Waals surface area contributed by atoms with Crippen molar-refractivity contribution in [2.75, 3.05) is 42.8 Å². The van der Waals surface area contributed by atoms with Gasteiger partial charge in [0.2, 0.25) is 6.79 Å². The van der Waals surface area contributed by atoms with Gasteiger partial charge in [0.15, 0.2) is 11.5 Å². The van der Waals surface area contributed by atoms with Crippen LogP contribution in [0.5, 0.6) is 0 Å². The van der Waals surface area contributed by atoms with E-state index in [0.717, 1.165) is 0 Å². The fourth-order valence-electron chi connectivity index (χ4n) is 3.75. The van der Waals surface area contributed by atoms with E-state index in [-0.39, 0.29) is 25.3 Å². The van der Waals surface area contributed by atoms with Crippen LogP contribution >= 0.6 is 19.4 Å². The number of carbonyl (C=O) groups excluding carboxylic acids is 1. The standard InChI is InChI=1S/C23H33N8O10PS/c1-14(2)40-23(34)37-12-39-42(35,36)13-38-15(3)6-30-11-28-19-20(26-10-27-21(19)30)25-9-24-16-4-5-31(22(33)29-16)17-8-43-18(7-32)41-17/h4-5,10-11,14-15,17-18,32H,6-9,12-13H2,1-3H3,(H,35,36)(H,24,29,33)(H,25,26,27)/t15-,17?,18?/m1/s1. The smallest absolute Gasteiger partial charge is 0.432 e. The quantitative estimate of drug-likeness (QED) is 0.105. The highest BCUT2D eigenvalue weighted by Gasteiger charge is 2.27. The molecule has 4 heterocycles. The summed E-state index contributed by atoms with van der Waals surface area (Å²) in [6.45, 7) is 4.47. The number of nitrogens with zero attached hydrogens (tertiary/aromatic N) is 6. The summed E-state index contributed by atoms with van der Waals surface area (Å²) in [7, 11) is -4.20. The maximum absolute atomic E-state index is 12.5. The van der Waals surface area contributed by atoms with Crippen molar-refractivity contribution in [1.82, 2.24) is 29.1 Å². The maximum atomic E-state index is 12.5. The molecule has 0 aliphatic carbocycles. The number of hydrogen-bond donors (Lipinski definition) is 4. The Morgan fingerprint density at radius 2 is 2.09 bits per heavy atom. The molecule has 3 aromatic heterocycles. The average molecular weight is 645 g/mol. The maximum Gasteiger partial charge on any atom is 0.510 e. The molecule has 43 heavy (non-hydrogen) atoms. The van der Waals surface area contributed by atoms with Crippen molar-refractivity contribution < 1.29 is 42.8 Å². The third-order valence-electron chi connectivity index (χ3n) is 5.69. The normalized spacial score (nSPS) is 18.8. The lowest BCUT2D eigenvalue weighted by molar-refractivity contribution is -0.0152. The highest BCUT2D eigenvalue weighted by atomic mass is 32.2. The van der Waals surface area contributed by atoms with Crippen molar-refractivity contribution in [3.05, 3.63) is 35.4 Å². The molecular formula is C23H33N8O10PS. The number of thioether (sulfide) groups is 1. The molecule has 236 valence electrons. The lowest BCUT2D eigenvalue weighted by Gasteiger charge is -2.17. The lowest BCUT2D eigenvalue weighted by atomic mass is 10.4. The van der Waals surface area contributed by atoms with E-state index in [2.05, 4.69) is 35.3 Å². The van der Waals surface area contributed by atoms with Gasteiger partial charge < -0.3 is 44.1 Å². The molecule has 1 fully saturated rings. The van der Waals surface area contributed by atoms with Crippen LogP contribution in [0.3, 0.4) is 0 Å². The number of aliphatic hydroxyl groups excluding tert-OH is 1. The molecule has 4 atom stereocenters. The topological polar surface area (TPSA) is 223 Å². The zero-order valence-corrected chi connectivity index (χ0v) is 25.3. The number of fused-ring (bicyclic) bond motifs is 1. The number of anilines is 2. The van der Waals surface area contributed by atoms with E-state index in [0.29, 0.717) is 28.6 Å². The van der Waals surface area contributed by atoms with Gasteiger partial charge in [0, 0.05) is 11.9 Å². The molecule has 3 aromatic rings. The fraction of sp³-hybridized carbons (Fsp3) is 0.565. The molecule has 4 N–H and O–H groups in total. The van der Waals surface area contributed by atoms with Crippen molar-refractivity contribution >= 4 is 48.3 Å². The van der Waals surface area contributed by atoms with Crippen LogP contribution < -0.4 is 16.3 Å². The van der Waals surface area contributed by atoms with Gasteiger partial charge in [-0.05, 0) is 26.8 Å². The minimum Gasteiger partial charge on any atom is -0.432 e. The summed E-state index contributed by atoms with van der Waals surface area (Å²) in [5.41, 5.74) is 0.106. The Morgan fingerprint density at radius 3 is 2.81 bits per heavy atom. The minimum atomic E-state index is -4.20. The minimum absolute atomic E-state index is 0.130. The van der Waals surface area contributed by atoms with Gasteiger partial charge in [0.25, 0.3) is 0 Å². The Morgan fingerprint density at radius 1 is 1.28 bits per heavy atom. The molecular weight excluding hydrogens is 611 g/mol. The first kappa shape index (κ1) is 32.6. The second-order valence-electron chi connectivity index (χ2n) is 9.41. The van der Waals surface area contributed by atoms with E-state index >= 15 is 0 Å². The lowest BCUT2D eigenvalue weighted by Crippen LogP contribution is -2.29. The average Bonchev–Trinajstić information content (AvgIpc) is 3.59. The predicted octanol–water partition coefficient (Wildman–Crippen LogP) is 1.53. The van der Waals surface area contributed by atoms with Crippen LogP contribution in [0.2, 0.25) is 0 Å². The third kappa shape index (κ3) is 9.33. The molecule has 0 saturated carbocycles. The molecule has 3 unspecified atom stereocenters. The molecule has 18 nitrogen and oxygen atoms in total. The number of aliphatic hydroxyl groups is 1. The van der Waals surface area contributed by atoms with Crippen LogP contribution in [0.15, 0.2) is 29.7 Å². The Labute approximate surface area is 249 Å². The van der Waals surface area contributed by atoms with Crippen LogP contribution in [0, 0.1) is 0 Å². The van der Waals surface area contributed by atoms with E-state index in [4.69, 9.17) is 18.7 Å². The van der Waals surface area contributed by atoms with Gasteiger partial charge in [0.05, 0.1) is 38.4 Å². The van der Waals surface area contributed by atoms with E-state index in [9.17, 15) is 24.2 Å². The summed E-state index contributed by atoms with van der Waals surface area (Å²) in [5, 5.41) is 15.3. The largest absolute Gasteiger partial charge is 0.510 e. The van der Waals surface area contributed by atoms with Crippen LogP contribution in [0.1, 0.15) is 27.0 Å². The van der Waals surface area contributed by atoms with Gasteiger partial charge in [-0.2, -0.15) is 4.98 Å². The van der Waals surface area contributed by atoms with Gasteiger partial charge in [-0.15, -0.1) is 11.8 Å². The Hall–Kier alpha value is -3.32. The zero-order valence-electron chi connectivity index (χ0n) is 23.6. The number of carbonyl (C=O) groups is 1. The molecule has 0 aromatic carbocycles. The van der Waals surface area contributed by atoms with Crippen molar-refractivity contribution in [1.29, 1.82) is 0 Å². The molecule has 1 saturated heterocycles. The SMILES string of the molecule is CC(C)OC(=O)OCOP(=O)(O)CO[C@H](C)Cn1cnc2c(NCNc3ccn(C4CSC(CO)O4)c(=O)n3)ncnc21. The molecule has 1 aliphatic heterocycles. The molecule has 0 bridgehead atoms. The van der Waals surface area contributed by atoms with E-state index in [1.807, 2.05) is 0 Å². The predicted molar refractivity (Wildman–Crippen MR) is 153 cm³/mol. The monoisotopic (exact) mass is 644 g/mol. The Balaban J connectivity index is 1.26. The first-order valence-corrected chi connectivity index (χ1v) is 15.9. The summed E-state index contributed by atoms with van der Waals surface area (Å²) >= 11 is 1.43. The highest BCUT2D eigenvalue weighted by Crippen LogP contribution is 2.42. The first-order valence-electron chi connectivity index (χ1n) is 13.1.